The first kappa shape index (κ1) is 19.3. The Labute approximate surface area is 152 Å². The highest BCUT2D eigenvalue weighted by Crippen LogP contribution is 2.50. The van der Waals surface area contributed by atoms with Crippen LogP contribution in [0.15, 0.2) is 0 Å². The Morgan fingerprint density at radius 1 is 1.23 bits per heavy atom. The Hall–Kier alpha value is -1.44. The van der Waals surface area contributed by atoms with Crippen molar-refractivity contribution in [3.63, 3.8) is 0 Å². The average molecular weight is 374 g/mol. The minimum atomic E-state index is -3.02. The molecule has 0 spiro atoms. The maximum Gasteiger partial charge on any atom is 0.410 e. The molecule has 1 aliphatic carbocycles. The van der Waals surface area contributed by atoms with Gasteiger partial charge in [0, 0.05) is 13.1 Å². The van der Waals surface area contributed by atoms with E-state index in [1.165, 1.54) is 4.90 Å². The smallest absolute Gasteiger partial charge is 0.410 e. The lowest BCUT2D eigenvalue weighted by atomic mass is 10.0. The molecule has 26 heavy (non-hydrogen) atoms. The third kappa shape index (κ3) is 3.52. The van der Waals surface area contributed by atoms with Crippen LogP contribution < -0.4 is 0 Å². The number of alkyl halides is 2. The van der Waals surface area contributed by atoms with Gasteiger partial charge in [-0.1, -0.05) is 0 Å². The van der Waals surface area contributed by atoms with E-state index in [0.717, 1.165) is 0 Å². The number of likely N-dealkylation sites (tertiary alicyclic amines) is 2. The van der Waals surface area contributed by atoms with Gasteiger partial charge in [0.15, 0.2) is 0 Å². The first-order valence-corrected chi connectivity index (χ1v) is 9.28. The molecule has 0 N–H and O–H groups in total. The van der Waals surface area contributed by atoms with Crippen LogP contribution in [-0.2, 0) is 14.3 Å². The molecule has 0 unspecified atom stereocenters. The fraction of sp³-hybridized carbons (Fsp3) is 0.889. The summed E-state index contributed by atoms with van der Waals surface area (Å²) in [4.78, 5) is 27.4. The zero-order chi connectivity index (χ0) is 19.3. The second-order valence-corrected chi connectivity index (χ2v) is 8.64. The van der Waals surface area contributed by atoms with E-state index in [0.29, 0.717) is 25.8 Å². The van der Waals surface area contributed by atoms with Gasteiger partial charge in [-0.2, -0.15) is 0 Å². The highest BCUT2D eigenvalue weighted by molar-refractivity contribution is 5.80. The van der Waals surface area contributed by atoms with Gasteiger partial charge in [-0.3, -0.25) is 14.6 Å². The lowest BCUT2D eigenvalue weighted by molar-refractivity contribution is -0.151. The summed E-state index contributed by atoms with van der Waals surface area (Å²) >= 11 is 0. The number of carbonyl (C=O) groups excluding carboxylic acids is 2. The monoisotopic (exact) mass is 374 g/mol. The quantitative estimate of drug-likeness (QED) is 0.708. The van der Waals surface area contributed by atoms with E-state index in [-0.39, 0.29) is 19.1 Å². The van der Waals surface area contributed by atoms with Crippen molar-refractivity contribution < 1.29 is 27.8 Å². The average Bonchev–Trinajstić information content (AvgIpc) is 3.06. The maximum atomic E-state index is 14.7. The summed E-state index contributed by atoms with van der Waals surface area (Å²) in [5, 5.41) is 0. The Morgan fingerprint density at radius 3 is 2.42 bits per heavy atom. The van der Waals surface area contributed by atoms with Crippen molar-refractivity contribution in [1.29, 1.82) is 0 Å². The van der Waals surface area contributed by atoms with E-state index in [1.807, 2.05) is 0 Å². The molecular weight excluding hydrogens is 346 g/mol. The minimum absolute atomic E-state index is 0.269. The van der Waals surface area contributed by atoms with Crippen molar-refractivity contribution >= 4 is 12.1 Å². The highest BCUT2D eigenvalue weighted by atomic mass is 19.3. The molecule has 1 amide bonds. The Balaban J connectivity index is 1.72. The molecule has 2 aliphatic heterocycles. The molecule has 1 saturated carbocycles. The third-order valence-corrected chi connectivity index (χ3v) is 5.38. The van der Waals surface area contributed by atoms with Crippen LogP contribution in [0.5, 0.6) is 0 Å². The van der Waals surface area contributed by atoms with Gasteiger partial charge >= 0.3 is 12.1 Å². The molecule has 2 heterocycles. The molecule has 3 rings (SSSR count). The van der Waals surface area contributed by atoms with Gasteiger partial charge in [0.2, 0.25) is 0 Å². The maximum absolute atomic E-state index is 14.7. The van der Waals surface area contributed by atoms with Crippen LogP contribution in [-0.4, -0.2) is 71.7 Å². The summed E-state index contributed by atoms with van der Waals surface area (Å²) in [5.74, 6) is -3.32. The van der Waals surface area contributed by atoms with E-state index in [9.17, 15) is 18.4 Å². The van der Waals surface area contributed by atoms with Crippen LogP contribution in [0.3, 0.4) is 0 Å². The van der Waals surface area contributed by atoms with Crippen molar-refractivity contribution in [1.82, 2.24) is 9.80 Å². The largest absolute Gasteiger partial charge is 0.466 e. The van der Waals surface area contributed by atoms with Crippen LogP contribution in [0.4, 0.5) is 13.6 Å². The van der Waals surface area contributed by atoms with E-state index in [1.54, 1.807) is 32.6 Å². The lowest BCUT2D eigenvalue weighted by Crippen LogP contribution is -2.48. The van der Waals surface area contributed by atoms with E-state index < -0.39 is 41.7 Å². The van der Waals surface area contributed by atoms with Gasteiger partial charge in [-0.25, -0.2) is 13.6 Å². The molecule has 8 heteroatoms. The first-order chi connectivity index (χ1) is 12.0. The van der Waals surface area contributed by atoms with Gasteiger partial charge in [-0.05, 0) is 47.0 Å². The minimum Gasteiger partial charge on any atom is -0.466 e. The zero-order valence-electron chi connectivity index (χ0n) is 15.9. The van der Waals surface area contributed by atoms with Crippen LogP contribution in [0.1, 0.15) is 47.0 Å². The molecule has 2 atom stereocenters. The second-order valence-electron chi connectivity index (χ2n) is 8.64. The molecule has 0 radical (unpaired) electrons. The molecule has 0 aromatic heterocycles. The van der Waals surface area contributed by atoms with E-state index >= 15 is 0 Å². The molecule has 6 nitrogen and oxygen atoms in total. The molecule has 0 aromatic rings. The number of hydrogen-bond acceptors (Lipinski definition) is 5. The number of esters is 1. The predicted molar refractivity (Wildman–Crippen MR) is 90.0 cm³/mol. The summed E-state index contributed by atoms with van der Waals surface area (Å²) in [6.07, 6.45) is 1.10. The second kappa shape index (κ2) is 6.32. The predicted octanol–water partition coefficient (Wildman–Crippen LogP) is 2.66. The van der Waals surface area contributed by atoms with Crippen molar-refractivity contribution in [2.24, 2.45) is 5.41 Å². The fourth-order valence-corrected chi connectivity index (χ4v) is 4.10. The van der Waals surface area contributed by atoms with E-state index in [4.69, 9.17) is 9.47 Å². The zero-order valence-corrected chi connectivity index (χ0v) is 15.9. The van der Waals surface area contributed by atoms with Crippen molar-refractivity contribution in [2.75, 3.05) is 26.2 Å². The third-order valence-electron chi connectivity index (χ3n) is 5.38. The molecular formula is C18H28F2N2O4. The fourth-order valence-electron chi connectivity index (χ4n) is 4.10. The Kier molecular flexibility index (Phi) is 4.70. The molecule has 148 valence electrons. The van der Waals surface area contributed by atoms with Crippen LogP contribution >= 0.6 is 0 Å². The van der Waals surface area contributed by atoms with Crippen LogP contribution in [0.2, 0.25) is 0 Å². The van der Waals surface area contributed by atoms with Crippen molar-refractivity contribution in [3.05, 3.63) is 0 Å². The summed E-state index contributed by atoms with van der Waals surface area (Å²) < 4.78 is 39.9. The first-order valence-electron chi connectivity index (χ1n) is 9.28. The van der Waals surface area contributed by atoms with Crippen molar-refractivity contribution in [2.45, 2.75) is 70.6 Å². The summed E-state index contributed by atoms with van der Waals surface area (Å²) in [6.45, 7) is 7.24. The number of hydrogen-bond donors (Lipinski definition) is 0. The van der Waals surface area contributed by atoms with Crippen LogP contribution in [0, 0.1) is 5.41 Å². The Bertz CT molecular complexity index is 586. The molecule has 3 aliphatic rings. The number of rotatable bonds is 4. The van der Waals surface area contributed by atoms with Crippen molar-refractivity contribution in [3.8, 4) is 0 Å². The molecule has 0 aromatic carbocycles. The molecule has 2 saturated heterocycles. The number of ether oxygens (including phenoxy) is 2. The summed E-state index contributed by atoms with van der Waals surface area (Å²) in [5.41, 5.74) is -1.38. The number of nitrogens with zero attached hydrogens (tertiary/aromatic N) is 2. The Morgan fingerprint density at radius 2 is 1.88 bits per heavy atom. The highest BCUT2D eigenvalue weighted by Gasteiger charge is 2.63. The molecule has 3 fully saturated rings. The van der Waals surface area contributed by atoms with Gasteiger partial charge in [-0.15, -0.1) is 0 Å². The molecule has 0 bridgehead atoms. The summed E-state index contributed by atoms with van der Waals surface area (Å²) in [6, 6.07) is -1.65. The van der Waals surface area contributed by atoms with Gasteiger partial charge < -0.3 is 9.47 Å². The van der Waals surface area contributed by atoms with E-state index in [2.05, 4.69) is 0 Å². The summed E-state index contributed by atoms with van der Waals surface area (Å²) in [7, 11) is 0. The van der Waals surface area contributed by atoms with Crippen LogP contribution in [0.25, 0.3) is 0 Å². The SMILES string of the molecule is CCOC(=O)C1(CN2CC[C@H]3[C@@H]2C(F)(F)CN3C(=O)OC(C)(C)C)CC1. The topological polar surface area (TPSA) is 59.1 Å². The number of fused-ring (bicyclic) bond motifs is 1. The number of halogens is 2. The van der Waals surface area contributed by atoms with Gasteiger partial charge in [0.1, 0.15) is 5.60 Å². The van der Waals surface area contributed by atoms with Gasteiger partial charge in [0.05, 0.1) is 30.7 Å². The lowest BCUT2D eigenvalue weighted by Gasteiger charge is -2.30. The normalized spacial score (nSPS) is 29.4. The number of carbonyl (C=O) groups is 2. The number of amides is 1. The standard InChI is InChI=1S/C18H28F2N2O4/c1-5-25-14(23)17(7-8-17)10-21-9-6-12-13(21)18(19,20)11-22(12)15(24)26-16(2,3)4/h12-13H,5-11H2,1-4H3/t12-,13+/m0/s1. The van der Waals surface area contributed by atoms with Gasteiger partial charge in [0.25, 0.3) is 5.92 Å².